The lowest BCUT2D eigenvalue weighted by atomic mass is 9.80. The molecule has 2 aromatic carbocycles. The quantitative estimate of drug-likeness (QED) is 0.687. The van der Waals surface area contributed by atoms with Gasteiger partial charge in [0.25, 0.3) is 0 Å². The molecule has 1 heterocycles. The molecule has 0 aliphatic carbocycles. The van der Waals surface area contributed by atoms with E-state index in [-0.39, 0.29) is 12.4 Å². The summed E-state index contributed by atoms with van der Waals surface area (Å²) in [4.78, 5) is 2.63. The van der Waals surface area contributed by atoms with E-state index in [1.807, 2.05) is 30.3 Å². The van der Waals surface area contributed by atoms with E-state index in [0.717, 1.165) is 36.1 Å². The highest BCUT2D eigenvalue weighted by molar-refractivity contribution is 5.85. The largest absolute Gasteiger partial charge is 0.380 e. The van der Waals surface area contributed by atoms with E-state index >= 15 is 0 Å². The van der Waals surface area contributed by atoms with E-state index in [1.54, 1.807) is 0 Å². The molecule has 0 aromatic heterocycles. The smallest absolute Gasteiger partial charge is 0.115 e. The molecule has 3 heteroatoms. The van der Waals surface area contributed by atoms with Crippen molar-refractivity contribution in [1.82, 2.24) is 4.90 Å². The number of likely N-dealkylation sites (tertiary alicyclic amines) is 1. The maximum Gasteiger partial charge on any atom is 0.115 e. The summed E-state index contributed by atoms with van der Waals surface area (Å²) in [6.45, 7) is 7.85. The fourth-order valence-electron chi connectivity index (χ4n) is 4.62. The van der Waals surface area contributed by atoms with Crippen LogP contribution < -0.4 is 0 Å². The molecule has 3 rings (SSSR count). The van der Waals surface area contributed by atoms with E-state index in [2.05, 4.69) is 49.9 Å². The molecule has 2 nitrogen and oxygen atoms in total. The van der Waals surface area contributed by atoms with Gasteiger partial charge in [-0.05, 0) is 69.7 Å². The highest BCUT2D eigenvalue weighted by Crippen LogP contribution is 2.36. The number of rotatable bonds is 6. The number of nitrogens with zero attached hydrogens (tertiary/aromatic N) is 1. The molecule has 148 valence electrons. The molecule has 1 saturated heterocycles. The second-order valence-electron chi connectivity index (χ2n) is 8.01. The number of piperidine rings is 1. The molecule has 27 heavy (non-hydrogen) atoms. The topological polar surface area (TPSA) is 23.5 Å². The minimum Gasteiger partial charge on any atom is -0.380 e. The van der Waals surface area contributed by atoms with Crippen LogP contribution in [-0.4, -0.2) is 28.6 Å². The summed E-state index contributed by atoms with van der Waals surface area (Å²) >= 11 is 0. The Morgan fingerprint density at radius 2 is 1.56 bits per heavy atom. The average molecular weight is 388 g/mol. The Hall–Kier alpha value is -1.35. The molecule has 1 aliphatic rings. The van der Waals surface area contributed by atoms with Gasteiger partial charge < -0.3 is 5.11 Å². The molecule has 0 saturated carbocycles. The van der Waals surface area contributed by atoms with Gasteiger partial charge in [0.1, 0.15) is 5.60 Å². The van der Waals surface area contributed by atoms with Gasteiger partial charge in [-0.15, -0.1) is 12.4 Å². The Bertz CT molecular complexity index is 695. The van der Waals surface area contributed by atoms with Crippen molar-refractivity contribution in [1.29, 1.82) is 0 Å². The van der Waals surface area contributed by atoms with Crippen molar-refractivity contribution < 1.29 is 5.11 Å². The van der Waals surface area contributed by atoms with Crippen LogP contribution in [0.1, 0.15) is 62.6 Å². The van der Waals surface area contributed by atoms with Gasteiger partial charge in [0.15, 0.2) is 0 Å². The van der Waals surface area contributed by atoms with E-state index in [4.69, 9.17) is 0 Å². The van der Waals surface area contributed by atoms with Crippen LogP contribution in [0.25, 0.3) is 0 Å². The molecule has 0 amide bonds. The zero-order valence-electron chi connectivity index (χ0n) is 16.9. The number of hydrogen-bond acceptors (Lipinski definition) is 2. The SMILES string of the molecule is Cc1ccccc1C(O)(CCCN1C(C)CCCC1C)c1ccccc1.Cl. The van der Waals surface area contributed by atoms with Gasteiger partial charge in [-0.1, -0.05) is 61.0 Å². The Labute approximate surface area is 171 Å². The third kappa shape index (κ3) is 4.93. The van der Waals surface area contributed by atoms with Crippen molar-refractivity contribution in [3.8, 4) is 0 Å². The Kier molecular flexibility index (Phi) is 7.91. The van der Waals surface area contributed by atoms with Gasteiger partial charge in [0.2, 0.25) is 0 Å². The number of aryl methyl sites for hydroxylation is 1. The lowest BCUT2D eigenvalue weighted by Gasteiger charge is -2.40. The van der Waals surface area contributed by atoms with Crippen molar-refractivity contribution in [2.45, 2.75) is 70.6 Å². The predicted octanol–water partition coefficient (Wildman–Crippen LogP) is 5.70. The molecule has 1 fully saturated rings. The third-order valence-electron chi connectivity index (χ3n) is 6.17. The molecule has 3 atom stereocenters. The highest BCUT2D eigenvalue weighted by atomic mass is 35.5. The molecule has 0 radical (unpaired) electrons. The zero-order valence-corrected chi connectivity index (χ0v) is 17.7. The maximum atomic E-state index is 11.8. The summed E-state index contributed by atoms with van der Waals surface area (Å²) in [6, 6.07) is 19.7. The maximum absolute atomic E-state index is 11.8. The van der Waals surface area contributed by atoms with Crippen LogP contribution in [0.5, 0.6) is 0 Å². The second-order valence-corrected chi connectivity index (χ2v) is 8.01. The highest BCUT2D eigenvalue weighted by Gasteiger charge is 2.33. The van der Waals surface area contributed by atoms with E-state index < -0.39 is 5.60 Å². The number of halogens is 1. The fourth-order valence-corrected chi connectivity index (χ4v) is 4.62. The van der Waals surface area contributed by atoms with Crippen LogP contribution in [-0.2, 0) is 5.60 Å². The van der Waals surface area contributed by atoms with Gasteiger partial charge in [-0.2, -0.15) is 0 Å². The summed E-state index contributed by atoms with van der Waals surface area (Å²) in [6.07, 6.45) is 5.68. The predicted molar refractivity (Wildman–Crippen MR) is 117 cm³/mol. The summed E-state index contributed by atoms with van der Waals surface area (Å²) in [5.74, 6) is 0. The normalized spacial score (nSPS) is 22.7. The molecule has 3 unspecified atom stereocenters. The average Bonchev–Trinajstić information content (AvgIpc) is 2.65. The van der Waals surface area contributed by atoms with Gasteiger partial charge in [-0.3, -0.25) is 4.90 Å². The Balaban J connectivity index is 0.00000261. The van der Waals surface area contributed by atoms with Crippen LogP contribution in [0.15, 0.2) is 54.6 Å². The lowest BCUT2D eigenvalue weighted by Crippen LogP contribution is -2.44. The summed E-state index contributed by atoms with van der Waals surface area (Å²) in [7, 11) is 0. The van der Waals surface area contributed by atoms with Gasteiger partial charge in [-0.25, -0.2) is 0 Å². The molecular weight excluding hydrogens is 354 g/mol. The second kappa shape index (κ2) is 9.73. The molecule has 1 aliphatic heterocycles. The van der Waals surface area contributed by atoms with Gasteiger partial charge in [0.05, 0.1) is 0 Å². The Morgan fingerprint density at radius 1 is 0.963 bits per heavy atom. The van der Waals surface area contributed by atoms with Crippen molar-refractivity contribution >= 4 is 12.4 Å². The standard InChI is InChI=1S/C24H33NO.ClH/c1-19-11-7-8-16-23(19)24(26,22-14-5-4-6-15-22)17-10-18-25-20(2)12-9-13-21(25)3;/h4-8,11,14-16,20-21,26H,9-10,12-13,17-18H2,1-3H3;1H. The summed E-state index contributed by atoms with van der Waals surface area (Å²) in [5.41, 5.74) is 2.26. The van der Waals surface area contributed by atoms with E-state index in [9.17, 15) is 5.11 Å². The molecule has 0 spiro atoms. The van der Waals surface area contributed by atoms with Gasteiger partial charge >= 0.3 is 0 Å². The van der Waals surface area contributed by atoms with E-state index in [0.29, 0.717) is 12.1 Å². The summed E-state index contributed by atoms with van der Waals surface area (Å²) in [5, 5.41) is 11.8. The fraction of sp³-hybridized carbons (Fsp3) is 0.500. The molecule has 0 bridgehead atoms. The summed E-state index contributed by atoms with van der Waals surface area (Å²) < 4.78 is 0. The van der Waals surface area contributed by atoms with Crippen molar-refractivity contribution in [2.24, 2.45) is 0 Å². The monoisotopic (exact) mass is 387 g/mol. The van der Waals surface area contributed by atoms with Crippen molar-refractivity contribution in [3.63, 3.8) is 0 Å². The van der Waals surface area contributed by atoms with Crippen molar-refractivity contribution in [3.05, 3.63) is 71.3 Å². The lowest BCUT2D eigenvalue weighted by molar-refractivity contribution is 0.0517. The van der Waals surface area contributed by atoms with E-state index in [1.165, 1.54) is 19.3 Å². The minimum absolute atomic E-state index is 0. The number of hydrogen-bond donors (Lipinski definition) is 1. The minimum atomic E-state index is -0.922. The number of benzene rings is 2. The van der Waals surface area contributed by atoms with Crippen LogP contribution >= 0.6 is 12.4 Å². The van der Waals surface area contributed by atoms with Crippen molar-refractivity contribution in [2.75, 3.05) is 6.54 Å². The first kappa shape index (κ1) is 21.9. The van der Waals surface area contributed by atoms with Gasteiger partial charge in [0, 0.05) is 12.1 Å². The van der Waals surface area contributed by atoms with Crippen LogP contribution in [0.4, 0.5) is 0 Å². The van der Waals surface area contributed by atoms with Crippen LogP contribution in [0.3, 0.4) is 0 Å². The van der Waals surface area contributed by atoms with Crippen LogP contribution in [0, 0.1) is 6.92 Å². The molecular formula is C24H34ClNO. The molecule has 1 N–H and O–H groups in total. The number of aliphatic hydroxyl groups is 1. The third-order valence-corrected chi connectivity index (χ3v) is 6.17. The first-order valence-corrected chi connectivity index (χ1v) is 10.1. The first-order chi connectivity index (χ1) is 12.5. The molecule has 2 aromatic rings. The first-order valence-electron chi connectivity index (χ1n) is 10.1. The zero-order chi connectivity index (χ0) is 18.6. The Morgan fingerprint density at radius 3 is 2.19 bits per heavy atom. The van der Waals surface area contributed by atoms with Crippen LogP contribution in [0.2, 0.25) is 0 Å².